The molecule has 2 aromatic carbocycles. The van der Waals surface area contributed by atoms with Gasteiger partial charge in [-0.15, -0.1) is 0 Å². The fraction of sp³-hybridized carbons (Fsp3) is 0.263. The second-order valence-electron chi connectivity index (χ2n) is 6.16. The molecule has 1 amide bonds. The molecule has 1 aromatic heterocycles. The molecule has 0 bridgehead atoms. The van der Waals surface area contributed by atoms with Gasteiger partial charge in [-0.2, -0.15) is 0 Å². The fourth-order valence-corrected chi connectivity index (χ4v) is 3.22. The molecular weight excluding hydrogens is 322 g/mol. The first-order valence-corrected chi connectivity index (χ1v) is 8.56. The van der Waals surface area contributed by atoms with Crippen LogP contribution in [0.2, 0.25) is 5.02 Å². The van der Waals surface area contributed by atoms with E-state index in [1.807, 2.05) is 36.4 Å². The first kappa shape index (κ1) is 15.2. The summed E-state index contributed by atoms with van der Waals surface area (Å²) in [5, 5.41) is 3.60. The van der Waals surface area contributed by atoms with Crippen molar-refractivity contribution in [1.82, 2.24) is 14.9 Å². The van der Waals surface area contributed by atoms with E-state index in [9.17, 15) is 4.79 Å². The van der Waals surface area contributed by atoms with Gasteiger partial charge in [-0.05, 0) is 36.6 Å². The van der Waals surface area contributed by atoms with Crippen molar-refractivity contribution in [3.8, 4) is 0 Å². The number of benzene rings is 2. The molecule has 122 valence electrons. The fourth-order valence-electron chi connectivity index (χ4n) is 3.01. The summed E-state index contributed by atoms with van der Waals surface area (Å²) in [5.41, 5.74) is 2.97. The first-order chi connectivity index (χ1) is 11.7. The predicted molar refractivity (Wildman–Crippen MR) is 95.0 cm³/mol. The number of imidazole rings is 1. The Kier molecular flexibility index (Phi) is 3.98. The summed E-state index contributed by atoms with van der Waals surface area (Å²) in [5.74, 6) is 0.878. The molecular formula is C19H18ClN3O. The smallest absolute Gasteiger partial charge is 0.224 e. The van der Waals surface area contributed by atoms with Crippen molar-refractivity contribution in [2.24, 2.45) is 0 Å². The molecule has 4 rings (SSSR count). The minimum absolute atomic E-state index is 0.0440. The normalized spacial score (nSPS) is 14.0. The van der Waals surface area contributed by atoms with E-state index in [1.165, 1.54) is 12.8 Å². The lowest BCUT2D eigenvalue weighted by Crippen LogP contribution is -2.26. The number of fused-ring (bicyclic) bond motifs is 1. The lowest BCUT2D eigenvalue weighted by Gasteiger charge is -2.09. The van der Waals surface area contributed by atoms with E-state index in [0.29, 0.717) is 17.6 Å². The number of para-hydroxylation sites is 2. The molecule has 0 atom stereocenters. The molecule has 0 aliphatic heterocycles. The molecule has 1 aliphatic rings. The molecule has 1 aliphatic carbocycles. The SMILES string of the molecule is O=C(Cc1ccccc1Cl)NCc1nc2ccccc2n1C1CC1. The van der Waals surface area contributed by atoms with E-state index in [2.05, 4.69) is 16.0 Å². The van der Waals surface area contributed by atoms with Crippen LogP contribution >= 0.6 is 11.6 Å². The lowest BCUT2D eigenvalue weighted by molar-refractivity contribution is -0.120. The van der Waals surface area contributed by atoms with Crippen LogP contribution in [-0.2, 0) is 17.8 Å². The summed E-state index contributed by atoms with van der Waals surface area (Å²) in [6, 6.07) is 16.1. The third-order valence-electron chi connectivity index (χ3n) is 4.33. The second-order valence-corrected chi connectivity index (χ2v) is 6.57. The van der Waals surface area contributed by atoms with E-state index in [1.54, 1.807) is 6.07 Å². The maximum Gasteiger partial charge on any atom is 0.224 e. The Balaban J connectivity index is 1.50. The monoisotopic (exact) mass is 339 g/mol. The average molecular weight is 340 g/mol. The van der Waals surface area contributed by atoms with Gasteiger partial charge in [0.15, 0.2) is 0 Å². The van der Waals surface area contributed by atoms with Crippen molar-refractivity contribution < 1.29 is 4.79 Å². The largest absolute Gasteiger partial charge is 0.349 e. The molecule has 3 aromatic rings. The van der Waals surface area contributed by atoms with Crippen LogP contribution in [0.15, 0.2) is 48.5 Å². The Hall–Kier alpha value is -2.33. The number of halogens is 1. The molecule has 1 saturated carbocycles. The molecule has 0 unspecified atom stereocenters. The van der Waals surface area contributed by atoms with Crippen LogP contribution in [0.4, 0.5) is 0 Å². The number of amides is 1. The van der Waals surface area contributed by atoms with Crippen LogP contribution in [-0.4, -0.2) is 15.5 Å². The highest BCUT2D eigenvalue weighted by Crippen LogP contribution is 2.38. The van der Waals surface area contributed by atoms with Crippen molar-refractivity contribution in [2.75, 3.05) is 0 Å². The molecule has 0 radical (unpaired) electrons. The molecule has 1 fully saturated rings. The first-order valence-electron chi connectivity index (χ1n) is 8.18. The highest BCUT2D eigenvalue weighted by Gasteiger charge is 2.28. The Morgan fingerprint density at radius 2 is 1.92 bits per heavy atom. The Morgan fingerprint density at radius 3 is 2.71 bits per heavy atom. The van der Waals surface area contributed by atoms with Gasteiger partial charge in [0.1, 0.15) is 5.82 Å². The molecule has 5 heteroatoms. The topological polar surface area (TPSA) is 46.9 Å². The summed E-state index contributed by atoms with van der Waals surface area (Å²) in [7, 11) is 0. The summed E-state index contributed by atoms with van der Waals surface area (Å²) in [6.45, 7) is 0.439. The Bertz CT molecular complexity index is 899. The van der Waals surface area contributed by atoms with Gasteiger partial charge < -0.3 is 9.88 Å². The van der Waals surface area contributed by atoms with Gasteiger partial charge in [0, 0.05) is 11.1 Å². The second kappa shape index (κ2) is 6.29. The maximum absolute atomic E-state index is 12.2. The minimum atomic E-state index is -0.0440. The highest BCUT2D eigenvalue weighted by atomic mass is 35.5. The van der Waals surface area contributed by atoms with Gasteiger partial charge in [0.25, 0.3) is 0 Å². The van der Waals surface area contributed by atoms with Crippen LogP contribution < -0.4 is 5.32 Å². The van der Waals surface area contributed by atoms with Crippen LogP contribution in [0.1, 0.15) is 30.3 Å². The van der Waals surface area contributed by atoms with E-state index in [0.717, 1.165) is 22.4 Å². The van der Waals surface area contributed by atoms with Gasteiger partial charge >= 0.3 is 0 Å². The Morgan fingerprint density at radius 1 is 1.17 bits per heavy atom. The predicted octanol–water partition coefficient (Wildman–Crippen LogP) is 3.88. The molecule has 1 heterocycles. The van der Waals surface area contributed by atoms with E-state index >= 15 is 0 Å². The van der Waals surface area contributed by atoms with Gasteiger partial charge in [-0.3, -0.25) is 4.79 Å². The van der Waals surface area contributed by atoms with Gasteiger partial charge in [0.05, 0.1) is 24.0 Å². The maximum atomic E-state index is 12.2. The van der Waals surface area contributed by atoms with Crippen molar-refractivity contribution >= 4 is 28.5 Å². The third kappa shape index (κ3) is 3.02. The van der Waals surface area contributed by atoms with E-state index in [-0.39, 0.29) is 12.3 Å². The molecule has 1 N–H and O–H groups in total. The number of carbonyl (C=O) groups is 1. The molecule has 24 heavy (non-hydrogen) atoms. The van der Waals surface area contributed by atoms with Crippen molar-refractivity contribution in [1.29, 1.82) is 0 Å². The quantitative estimate of drug-likeness (QED) is 0.766. The number of hydrogen-bond donors (Lipinski definition) is 1. The molecule has 0 spiro atoms. The minimum Gasteiger partial charge on any atom is -0.349 e. The van der Waals surface area contributed by atoms with Crippen LogP contribution in [0.5, 0.6) is 0 Å². The standard InChI is InChI=1S/C19H18ClN3O/c20-15-6-2-1-5-13(15)11-19(24)21-12-18-22-16-7-3-4-8-17(16)23(18)14-9-10-14/h1-8,14H,9-12H2,(H,21,24). The number of carbonyl (C=O) groups excluding carboxylic acids is 1. The molecule has 4 nitrogen and oxygen atoms in total. The van der Waals surface area contributed by atoms with Crippen LogP contribution in [0.3, 0.4) is 0 Å². The van der Waals surface area contributed by atoms with Gasteiger partial charge in [-0.1, -0.05) is 41.9 Å². The van der Waals surface area contributed by atoms with E-state index < -0.39 is 0 Å². The zero-order chi connectivity index (χ0) is 16.5. The zero-order valence-corrected chi connectivity index (χ0v) is 14.0. The van der Waals surface area contributed by atoms with Gasteiger partial charge in [-0.25, -0.2) is 4.98 Å². The summed E-state index contributed by atoms with van der Waals surface area (Å²) in [6.07, 6.45) is 2.64. The third-order valence-corrected chi connectivity index (χ3v) is 4.70. The number of nitrogens with zero attached hydrogens (tertiary/aromatic N) is 2. The zero-order valence-electron chi connectivity index (χ0n) is 13.2. The number of aromatic nitrogens is 2. The van der Waals surface area contributed by atoms with Crippen molar-refractivity contribution in [3.05, 3.63) is 64.9 Å². The van der Waals surface area contributed by atoms with Crippen molar-refractivity contribution in [2.45, 2.75) is 31.8 Å². The lowest BCUT2D eigenvalue weighted by atomic mass is 10.1. The summed E-state index contributed by atoms with van der Waals surface area (Å²) >= 11 is 6.12. The van der Waals surface area contributed by atoms with Crippen LogP contribution in [0, 0.1) is 0 Å². The summed E-state index contributed by atoms with van der Waals surface area (Å²) < 4.78 is 2.27. The molecule has 0 saturated heterocycles. The average Bonchev–Trinajstić information content (AvgIpc) is 3.35. The number of rotatable bonds is 5. The van der Waals surface area contributed by atoms with E-state index in [4.69, 9.17) is 16.6 Å². The van der Waals surface area contributed by atoms with Crippen LogP contribution in [0.25, 0.3) is 11.0 Å². The summed E-state index contributed by atoms with van der Waals surface area (Å²) in [4.78, 5) is 16.9. The highest BCUT2D eigenvalue weighted by molar-refractivity contribution is 6.31. The Labute approximate surface area is 145 Å². The number of hydrogen-bond acceptors (Lipinski definition) is 2. The van der Waals surface area contributed by atoms with Gasteiger partial charge in [0.2, 0.25) is 5.91 Å². The van der Waals surface area contributed by atoms with Crippen molar-refractivity contribution in [3.63, 3.8) is 0 Å². The number of nitrogens with one attached hydrogen (secondary N) is 1.